The van der Waals surface area contributed by atoms with Crippen molar-refractivity contribution in [2.75, 3.05) is 46.7 Å². The highest BCUT2D eigenvalue weighted by Gasteiger charge is 2.11. The van der Waals surface area contributed by atoms with Crippen LogP contribution in [0.1, 0.15) is 0 Å². The van der Waals surface area contributed by atoms with Gasteiger partial charge in [0.1, 0.15) is 16.0 Å². The number of ether oxygens (including phenoxy) is 2. The summed E-state index contributed by atoms with van der Waals surface area (Å²) in [5.41, 5.74) is 0.601. The lowest BCUT2D eigenvalue weighted by molar-refractivity contribution is 0.250. The molecule has 0 radical (unpaired) electrons. The minimum atomic E-state index is -0.265. The first kappa shape index (κ1) is 16.6. The predicted molar refractivity (Wildman–Crippen MR) is 82.8 cm³/mol. The molecule has 0 aromatic heterocycles. The molecule has 2 amide bonds. The van der Waals surface area contributed by atoms with Crippen LogP contribution in [0, 0.1) is 0 Å². The third kappa shape index (κ3) is 4.90. The van der Waals surface area contributed by atoms with Crippen LogP contribution in [0.15, 0.2) is 16.6 Å². The number of carbonyl (C=O) groups is 1. The second kappa shape index (κ2) is 7.96. The lowest BCUT2D eigenvalue weighted by atomic mass is 10.3. The average Bonchev–Trinajstić information content (AvgIpc) is 2.40. The van der Waals surface area contributed by atoms with Crippen LogP contribution in [0.25, 0.3) is 0 Å². The largest absolute Gasteiger partial charge is 0.495 e. The summed E-state index contributed by atoms with van der Waals surface area (Å²) in [5, 5.41) is 5.51. The van der Waals surface area contributed by atoms with E-state index in [1.54, 1.807) is 26.4 Å². The maximum Gasteiger partial charge on any atom is 0.319 e. The molecule has 0 bridgehead atoms. The number of hydrogen-bond donors (Lipinski definition) is 2. The molecule has 0 aliphatic carbocycles. The fourth-order valence-corrected chi connectivity index (χ4v) is 2.06. The Morgan fingerprint density at radius 3 is 2.25 bits per heavy atom. The first-order chi connectivity index (χ1) is 9.47. The highest BCUT2D eigenvalue weighted by atomic mass is 79.9. The van der Waals surface area contributed by atoms with Crippen LogP contribution < -0.4 is 20.1 Å². The van der Waals surface area contributed by atoms with Crippen molar-refractivity contribution in [1.82, 2.24) is 10.2 Å². The number of methoxy groups -OCH3 is 2. The van der Waals surface area contributed by atoms with Crippen LogP contribution in [-0.2, 0) is 0 Å². The van der Waals surface area contributed by atoms with E-state index in [9.17, 15) is 4.79 Å². The Bertz CT molecular complexity index is 441. The maximum absolute atomic E-state index is 11.7. The number of anilines is 1. The molecule has 0 fully saturated rings. The molecule has 0 aliphatic heterocycles. The van der Waals surface area contributed by atoms with Gasteiger partial charge < -0.3 is 25.0 Å². The van der Waals surface area contributed by atoms with Gasteiger partial charge in [-0.2, -0.15) is 0 Å². The van der Waals surface area contributed by atoms with Crippen molar-refractivity contribution in [2.24, 2.45) is 0 Å². The van der Waals surface area contributed by atoms with Crippen LogP contribution in [0.5, 0.6) is 11.5 Å². The van der Waals surface area contributed by atoms with Crippen LogP contribution in [0.4, 0.5) is 10.5 Å². The van der Waals surface area contributed by atoms with Crippen LogP contribution >= 0.6 is 15.9 Å². The second-order valence-electron chi connectivity index (χ2n) is 4.38. The molecular formula is C13H20BrN3O3. The molecule has 0 atom stereocenters. The number of urea groups is 1. The number of carbonyl (C=O) groups excluding carboxylic acids is 1. The molecule has 20 heavy (non-hydrogen) atoms. The Morgan fingerprint density at radius 2 is 1.80 bits per heavy atom. The first-order valence-electron chi connectivity index (χ1n) is 6.09. The highest BCUT2D eigenvalue weighted by molar-refractivity contribution is 9.10. The van der Waals surface area contributed by atoms with Gasteiger partial charge in [0, 0.05) is 30.9 Å². The molecule has 7 heteroatoms. The number of nitrogens with one attached hydrogen (secondary N) is 2. The first-order valence-corrected chi connectivity index (χ1v) is 6.88. The SMILES string of the molecule is COc1cc(NC(=O)NCCN(C)C)cc(OC)c1Br. The molecular weight excluding hydrogens is 326 g/mol. The molecule has 0 aliphatic rings. The summed E-state index contributed by atoms with van der Waals surface area (Å²) in [4.78, 5) is 13.7. The molecule has 0 saturated carbocycles. The topological polar surface area (TPSA) is 62.8 Å². The van der Waals surface area contributed by atoms with Gasteiger partial charge in [0.2, 0.25) is 0 Å². The van der Waals surface area contributed by atoms with Gasteiger partial charge in [-0.05, 0) is 30.0 Å². The van der Waals surface area contributed by atoms with Gasteiger partial charge >= 0.3 is 6.03 Å². The molecule has 1 aromatic rings. The average molecular weight is 346 g/mol. The van der Waals surface area contributed by atoms with Crippen LogP contribution in [-0.4, -0.2) is 52.3 Å². The standard InChI is InChI=1S/C13H20BrN3O3/c1-17(2)6-5-15-13(18)16-9-7-10(19-3)12(14)11(8-9)20-4/h7-8H,5-6H2,1-4H3,(H2,15,16,18). The number of benzene rings is 1. The minimum Gasteiger partial charge on any atom is -0.495 e. The number of hydrogen-bond acceptors (Lipinski definition) is 4. The van der Waals surface area contributed by atoms with E-state index in [4.69, 9.17) is 9.47 Å². The van der Waals surface area contributed by atoms with E-state index in [1.165, 1.54) is 0 Å². The summed E-state index contributed by atoms with van der Waals surface area (Å²) < 4.78 is 11.1. The van der Waals surface area contributed by atoms with Gasteiger partial charge in [-0.15, -0.1) is 0 Å². The summed E-state index contributed by atoms with van der Waals surface area (Å²) in [6.07, 6.45) is 0. The predicted octanol–water partition coefficient (Wildman–Crippen LogP) is 2.15. The fraction of sp³-hybridized carbons (Fsp3) is 0.462. The molecule has 6 nitrogen and oxygen atoms in total. The Labute approximate surface area is 127 Å². The van der Waals surface area contributed by atoms with Gasteiger partial charge in [0.05, 0.1) is 14.2 Å². The summed E-state index contributed by atoms with van der Waals surface area (Å²) in [6, 6.07) is 3.18. The van der Waals surface area contributed by atoms with E-state index in [0.717, 1.165) is 6.54 Å². The van der Waals surface area contributed by atoms with E-state index < -0.39 is 0 Å². The zero-order valence-electron chi connectivity index (χ0n) is 12.1. The number of nitrogens with zero attached hydrogens (tertiary/aromatic N) is 1. The maximum atomic E-state index is 11.7. The lowest BCUT2D eigenvalue weighted by Gasteiger charge is -2.14. The van der Waals surface area contributed by atoms with Crippen LogP contribution in [0.2, 0.25) is 0 Å². The van der Waals surface area contributed by atoms with E-state index in [1.807, 2.05) is 19.0 Å². The minimum absolute atomic E-state index is 0.265. The lowest BCUT2D eigenvalue weighted by Crippen LogP contribution is -2.34. The van der Waals surface area contributed by atoms with Crippen molar-refractivity contribution >= 4 is 27.6 Å². The molecule has 0 heterocycles. The third-order valence-electron chi connectivity index (χ3n) is 2.55. The summed E-state index contributed by atoms with van der Waals surface area (Å²) in [5.74, 6) is 1.18. The van der Waals surface area contributed by atoms with E-state index in [2.05, 4.69) is 26.6 Å². The summed E-state index contributed by atoms with van der Waals surface area (Å²) in [6.45, 7) is 1.35. The summed E-state index contributed by atoms with van der Waals surface area (Å²) >= 11 is 3.38. The molecule has 2 N–H and O–H groups in total. The molecule has 0 unspecified atom stereocenters. The van der Waals surface area contributed by atoms with E-state index >= 15 is 0 Å². The van der Waals surface area contributed by atoms with Gasteiger partial charge in [0.25, 0.3) is 0 Å². The van der Waals surface area contributed by atoms with Gasteiger partial charge in [-0.1, -0.05) is 0 Å². The molecule has 1 rings (SSSR count). The van der Waals surface area contributed by atoms with Crippen molar-refractivity contribution in [1.29, 1.82) is 0 Å². The van der Waals surface area contributed by atoms with Crippen LogP contribution in [0.3, 0.4) is 0 Å². The number of likely N-dealkylation sites (N-methyl/N-ethyl adjacent to an activating group) is 1. The molecule has 0 saturated heterocycles. The third-order valence-corrected chi connectivity index (χ3v) is 3.33. The van der Waals surface area contributed by atoms with Crippen molar-refractivity contribution in [3.05, 3.63) is 16.6 Å². The van der Waals surface area contributed by atoms with E-state index in [0.29, 0.717) is 28.2 Å². The van der Waals surface area contributed by atoms with Crippen molar-refractivity contribution in [3.63, 3.8) is 0 Å². The Morgan fingerprint density at radius 1 is 1.25 bits per heavy atom. The fourth-order valence-electron chi connectivity index (χ4n) is 1.51. The van der Waals surface area contributed by atoms with Gasteiger partial charge in [-0.25, -0.2) is 4.79 Å². The monoisotopic (exact) mass is 345 g/mol. The number of amides is 2. The Hall–Kier alpha value is -1.47. The molecule has 1 aromatic carbocycles. The Kier molecular flexibility index (Phi) is 6.60. The van der Waals surface area contributed by atoms with Gasteiger partial charge in [0.15, 0.2) is 0 Å². The van der Waals surface area contributed by atoms with Crippen molar-refractivity contribution in [3.8, 4) is 11.5 Å². The molecule has 0 spiro atoms. The van der Waals surface area contributed by atoms with E-state index in [-0.39, 0.29) is 6.03 Å². The highest BCUT2D eigenvalue weighted by Crippen LogP contribution is 2.37. The summed E-state index contributed by atoms with van der Waals surface area (Å²) in [7, 11) is 7.01. The second-order valence-corrected chi connectivity index (χ2v) is 5.17. The number of halogens is 1. The van der Waals surface area contributed by atoms with Crippen molar-refractivity contribution in [2.45, 2.75) is 0 Å². The quantitative estimate of drug-likeness (QED) is 0.829. The molecule has 112 valence electrons. The smallest absolute Gasteiger partial charge is 0.319 e. The normalized spacial score (nSPS) is 10.3. The number of rotatable bonds is 6. The van der Waals surface area contributed by atoms with Crippen molar-refractivity contribution < 1.29 is 14.3 Å². The Balaban J connectivity index is 2.69. The zero-order valence-corrected chi connectivity index (χ0v) is 13.7. The zero-order chi connectivity index (χ0) is 15.1. The van der Waals surface area contributed by atoms with Gasteiger partial charge in [-0.3, -0.25) is 0 Å².